The topological polar surface area (TPSA) is 50.6 Å². The van der Waals surface area contributed by atoms with Gasteiger partial charge in [0.1, 0.15) is 18.2 Å². The summed E-state index contributed by atoms with van der Waals surface area (Å²) in [6.45, 7) is 7.23. The van der Waals surface area contributed by atoms with Gasteiger partial charge in [0, 0.05) is 29.2 Å². The Bertz CT molecular complexity index is 1030. The maximum Gasteiger partial charge on any atom is 0.186 e. The molecule has 0 radical (unpaired) electrons. The van der Waals surface area contributed by atoms with Gasteiger partial charge in [0.15, 0.2) is 5.11 Å². The molecule has 0 saturated heterocycles. The number of rotatable bonds is 7. The van der Waals surface area contributed by atoms with Crippen molar-refractivity contribution in [3.63, 3.8) is 0 Å². The molecule has 1 aromatic heterocycles. The van der Waals surface area contributed by atoms with Crippen LogP contribution in [0.3, 0.4) is 0 Å². The summed E-state index contributed by atoms with van der Waals surface area (Å²) in [6.07, 6.45) is 1.77. The van der Waals surface area contributed by atoms with Crippen molar-refractivity contribution in [2.75, 3.05) is 6.54 Å². The highest BCUT2D eigenvalue weighted by atomic mass is 32.1. The van der Waals surface area contributed by atoms with Gasteiger partial charge in [0.25, 0.3) is 0 Å². The summed E-state index contributed by atoms with van der Waals surface area (Å²) in [5.41, 5.74) is 7.95. The van der Waals surface area contributed by atoms with E-state index >= 15 is 0 Å². The molecule has 5 nitrogen and oxygen atoms in total. The molecule has 156 valence electrons. The van der Waals surface area contributed by atoms with E-state index < -0.39 is 0 Å². The van der Waals surface area contributed by atoms with Crippen LogP contribution in [0.2, 0.25) is 0 Å². The first-order chi connectivity index (χ1) is 14.5. The van der Waals surface area contributed by atoms with E-state index in [1.807, 2.05) is 31.2 Å². The second-order valence-corrected chi connectivity index (χ2v) is 7.21. The van der Waals surface area contributed by atoms with Crippen LogP contribution in [0, 0.1) is 19.7 Å². The molecule has 0 bridgehead atoms. The lowest BCUT2D eigenvalue weighted by Gasteiger charge is -2.11. The Labute approximate surface area is 181 Å². The van der Waals surface area contributed by atoms with E-state index in [0.29, 0.717) is 11.7 Å². The lowest BCUT2D eigenvalue weighted by Crippen LogP contribution is -2.31. The molecule has 3 rings (SSSR count). The van der Waals surface area contributed by atoms with Crippen LogP contribution >= 0.6 is 12.2 Å². The number of aromatic nitrogens is 1. The SMILES string of the molecule is CCNC(=S)NN=Cc1cc(C)n(-c2ccc(OCc3ccc(F)cc3)cc2)c1C. The molecule has 1 heterocycles. The summed E-state index contributed by atoms with van der Waals surface area (Å²) in [5, 5.41) is 7.70. The normalized spacial score (nSPS) is 10.9. The summed E-state index contributed by atoms with van der Waals surface area (Å²) in [6, 6.07) is 16.3. The quantitative estimate of drug-likeness (QED) is 0.330. The van der Waals surface area contributed by atoms with Crippen molar-refractivity contribution in [1.82, 2.24) is 15.3 Å². The summed E-state index contributed by atoms with van der Waals surface area (Å²) in [4.78, 5) is 0. The van der Waals surface area contributed by atoms with Crippen molar-refractivity contribution in [1.29, 1.82) is 0 Å². The lowest BCUT2D eigenvalue weighted by molar-refractivity contribution is 0.306. The fourth-order valence-electron chi connectivity index (χ4n) is 3.11. The zero-order valence-corrected chi connectivity index (χ0v) is 18.1. The van der Waals surface area contributed by atoms with Crippen LogP contribution in [0.1, 0.15) is 29.4 Å². The van der Waals surface area contributed by atoms with E-state index in [1.165, 1.54) is 12.1 Å². The molecule has 30 heavy (non-hydrogen) atoms. The van der Waals surface area contributed by atoms with Crippen LogP contribution in [-0.2, 0) is 6.61 Å². The monoisotopic (exact) mass is 424 g/mol. The third kappa shape index (κ3) is 5.45. The molecular weight excluding hydrogens is 399 g/mol. The predicted octanol–water partition coefficient (Wildman–Crippen LogP) is 4.63. The Morgan fingerprint density at radius 2 is 1.83 bits per heavy atom. The first-order valence-corrected chi connectivity index (χ1v) is 10.1. The molecule has 0 aliphatic heterocycles. The largest absolute Gasteiger partial charge is 0.489 e. The van der Waals surface area contributed by atoms with E-state index in [0.717, 1.165) is 40.5 Å². The number of ether oxygens (including phenoxy) is 1. The Hall–Kier alpha value is -3.19. The average molecular weight is 425 g/mol. The van der Waals surface area contributed by atoms with Crippen LogP contribution < -0.4 is 15.5 Å². The van der Waals surface area contributed by atoms with Gasteiger partial charge in [-0.3, -0.25) is 5.43 Å². The van der Waals surface area contributed by atoms with E-state index in [2.05, 4.69) is 40.3 Å². The molecule has 0 spiro atoms. The summed E-state index contributed by atoms with van der Waals surface area (Å²) in [5.74, 6) is 0.509. The van der Waals surface area contributed by atoms with Crippen molar-refractivity contribution >= 4 is 23.5 Å². The smallest absolute Gasteiger partial charge is 0.186 e. The van der Waals surface area contributed by atoms with E-state index in [4.69, 9.17) is 17.0 Å². The fraction of sp³-hybridized carbons (Fsp3) is 0.217. The summed E-state index contributed by atoms with van der Waals surface area (Å²) >= 11 is 5.11. The second kappa shape index (κ2) is 10.0. The zero-order valence-electron chi connectivity index (χ0n) is 17.3. The molecule has 0 saturated carbocycles. The van der Waals surface area contributed by atoms with E-state index in [9.17, 15) is 4.39 Å². The van der Waals surface area contributed by atoms with E-state index in [-0.39, 0.29) is 5.82 Å². The van der Waals surface area contributed by atoms with Gasteiger partial charge in [-0.05, 0) is 81.0 Å². The van der Waals surface area contributed by atoms with Gasteiger partial charge in [-0.25, -0.2) is 4.39 Å². The number of hydrazone groups is 1. The second-order valence-electron chi connectivity index (χ2n) is 6.80. The van der Waals surface area contributed by atoms with Crippen molar-refractivity contribution in [3.8, 4) is 11.4 Å². The van der Waals surface area contributed by atoms with Gasteiger partial charge >= 0.3 is 0 Å². The van der Waals surface area contributed by atoms with Crippen LogP contribution in [0.4, 0.5) is 4.39 Å². The lowest BCUT2D eigenvalue weighted by atomic mass is 10.2. The van der Waals surface area contributed by atoms with Crippen molar-refractivity contribution in [3.05, 3.63) is 82.9 Å². The fourth-order valence-corrected chi connectivity index (χ4v) is 3.31. The molecule has 0 amide bonds. The maximum absolute atomic E-state index is 13.0. The first-order valence-electron chi connectivity index (χ1n) is 9.71. The highest BCUT2D eigenvalue weighted by molar-refractivity contribution is 7.80. The number of hydrogen-bond acceptors (Lipinski definition) is 3. The van der Waals surface area contributed by atoms with Gasteiger partial charge < -0.3 is 14.6 Å². The summed E-state index contributed by atoms with van der Waals surface area (Å²) in [7, 11) is 0. The third-order valence-corrected chi connectivity index (χ3v) is 4.83. The van der Waals surface area contributed by atoms with Crippen LogP contribution in [0.15, 0.2) is 59.7 Å². The minimum atomic E-state index is -0.249. The molecule has 0 unspecified atom stereocenters. The standard InChI is InChI=1S/C23H25FN4OS/c1-4-25-23(30)27-26-14-19-13-16(2)28(17(19)3)21-9-11-22(12-10-21)29-15-18-5-7-20(24)8-6-18/h5-14H,4,15H2,1-3H3,(H2,25,27,30). The van der Waals surface area contributed by atoms with Crippen molar-refractivity contribution in [2.45, 2.75) is 27.4 Å². The van der Waals surface area contributed by atoms with Crippen LogP contribution in [0.25, 0.3) is 5.69 Å². The first kappa shape index (κ1) is 21.5. The molecule has 0 fully saturated rings. The number of hydrogen-bond donors (Lipinski definition) is 2. The molecule has 7 heteroatoms. The van der Waals surface area contributed by atoms with Crippen LogP contribution in [-0.4, -0.2) is 22.4 Å². The molecule has 2 N–H and O–H groups in total. The third-order valence-electron chi connectivity index (χ3n) is 4.59. The number of halogens is 1. The molecule has 0 aliphatic rings. The minimum Gasteiger partial charge on any atom is -0.489 e. The average Bonchev–Trinajstić information content (AvgIpc) is 3.01. The highest BCUT2D eigenvalue weighted by Crippen LogP contribution is 2.22. The Balaban J connectivity index is 1.68. The molecular formula is C23H25FN4OS. The van der Waals surface area contributed by atoms with E-state index in [1.54, 1.807) is 18.3 Å². The van der Waals surface area contributed by atoms with Crippen LogP contribution in [0.5, 0.6) is 5.75 Å². The molecule has 0 aliphatic carbocycles. The highest BCUT2D eigenvalue weighted by Gasteiger charge is 2.10. The van der Waals surface area contributed by atoms with Gasteiger partial charge in [-0.15, -0.1) is 0 Å². The minimum absolute atomic E-state index is 0.249. The molecule has 3 aromatic rings. The van der Waals surface area contributed by atoms with Gasteiger partial charge in [-0.1, -0.05) is 12.1 Å². The number of thiocarbonyl (C=S) groups is 1. The van der Waals surface area contributed by atoms with Crippen molar-refractivity contribution in [2.24, 2.45) is 5.10 Å². The predicted molar refractivity (Wildman–Crippen MR) is 123 cm³/mol. The van der Waals surface area contributed by atoms with Gasteiger partial charge in [-0.2, -0.15) is 5.10 Å². The van der Waals surface area contributed by atoms with Gasteiger partial charge in [0.05, 0.1) is 6.21 Å². The number of aryl methyl sites for hydroxylation is 1. The maximum atomic E-state index is 13.0. The Kier molecular flexibility index (Phi) is 7.19. The van der Waals surface area contributed by atoms with Crippen molar-refractivity contribution < 1.29 is 9.13 Å². The Morgan fingerprint density at radius 1 is 1.13 bits per heavy atom. The van der Waals surface area contributed by atoms with Gasteiger partial charge in [0.2, 0.25) is 0 Å². The Morgan fingerprint density at radius 3 is 2.50 bits per heavy atom. The molecule has 0 atom stereocenters. The number of nitrogens with zero attached hydrogens (tertiary/aromatic N) is 2. The molecule has 2 aromatic carbocycles. The summed E-state index contributed by atoms with van der Waals surface area (Å²) < 4.78 is 21.0. The number of nitrogens with one attached hydrogen (secondary N) is 2. The number of benzene rings is 2. The zero-order chi connectivity index (χ0) is 21.5.